The molecule has 1 saturated heterocycles. The van der Waals surface area contributed by atoms with Gasteiger partial charge in [0, 0.05) is 31.7 Å². The lowest BCUT2D eigenvalue weighted by Gasteiger charge is -2.21. The van der Waals surface area contributed by atoms with Crippen LogP contribution in [0, 0.1) is 0 Å². The highest BCUT2D eigenvalue weighted by molar-refractivity contribution is 5.77. The summed E-state index contributed by atoms with van der Waals surface area (Å²) in [7, 11) is 1.91. The van der Waals surface area contributed by atoms with Crippen LogP contribution >= 0.6 is 0 Å². The van der Waals surface area contributed by atoms with E-state index in [-0.39, 0.29) is 0 Å². The predicted molar refractivity (Wildman–Crippen MR) is 75.9 cm³/mol. The lowest BCUT2D eigenvalue weighted by atomic mass is 9.91. The summed E-state index contributed by atoms with van der Waals surface area (Å²) in [6.45, 7) is 1.63. The number of hydrogen-bond acceptors (Lipinski definition) is 3. The van der Waals surface area contributed by atoms with Crippen molar-refractivity contribution in [1.29, 1.82) is 0 Å². The summed E-state index contributed by atoms with van der Waals surface area (Å²) in [5, 5.41) is 4.65. The van der Waals surface area contributed by atoms with Gasteiger partial charge in [-0.1, -0.05) is 30.3 Å². The van der Waals surface area contributed by atoms with Crippen molar-refractivity contribution in [2.75, 3.05) is 18.9 Å². The molecule has 0 saturated carbocycles. The van der Waals surface area contributed by atoms with E-state index in [1.54, 1.807) is 4.68 Å². The molecule has 2 aromatic rings. The van der Waals surface area contributed by atoms with Crippen LogP contribution in [-0.2, 0) is 11.8 Å². The van der Waals surface area contributed by atoms with Crippen molar-refractivity contribution >= 4 is 5.82 Å². The zero-order valence-corrected chi connectivity index (χ0v) is 11.2. The molecule has 2 N–H and O–H groups in total. The minimum absolute atomic E-state index is 0.451. The molecule has 1 aromatic heterocycles. The molecule has 0 bridgehead atoms. The second-order valence-electron chi connectivity index (χ2n) is 5.02. The number of benzene rings is 1. The first-order valence-corrected chi connectivity index (χ1v) is 6.73. The van der Waals surface area contributed by atoms with E-state index in [4.69, 9.17) is 10.5 Å². The van der Waals surface area contributed by atoms with Gasteiger partial charge in [0.1, 0.15) is 5.82 Å². The van der Waals surface area contributed by atoms with Crippen LogP contribution in [0.25, 0.3) is 11.1 Å². The molecule has 3 rings (SSSR count). The monoisotopic (exact) mass is 257 g/mol. The third kappa shape index (κ3) is 2.24. The van der Waals surface area contributed by atoms with Gasteiger partial charge in [0.05, 0.1) is 5.69 Å². The summed E-state index contributed by atoms with van der Waals surface area (Å²) >= 11 is 0. The van der Waals surface area contributed by atoms with E-state index in [2.05, 4.69) is 17.2 Å². The second-order valence-corrected chi connectivity index (χ2v) is 5.02. The molecule has 2 heterocycles. The van der Waals surface area contributed by atoms with Crippen molar-refractivity contribution in [2.45, 2.75) is 18.8 Å². The Hall–Kier alpha value is -1.81. The van der Waals surface area contributed by atoms with Crippen molar-refractivity contribution in [3.05, 3.63) is 36.0 Å². The minimum atomic E-state index is 0.451. The number of aryl methyl sites for hydroxylation is 1. The molecule has 0 radical (unpaired) electrons. The van der Waals surface area contributed by atoms with E-state index in [9.17, 15) is 0 Å². The number of nitrogens with zero attached hydrogens (tertiary/aromatic N) is 2. The molecule has 1 aromatic carbocycles. The first-order chi connectivity index (χ1) is 9.27. The highest BCUT2D eigenvalue weighted by atomic mass is 16.5. The van der Waals surface area contributed by atoms with Gasteiger partial charge in [0.15, 0.2) is 0 Å². The molecule has 1 aliphatic rings. The Labute approximate surface area is 113 Å². The summed E-state index contributed by atoms with van der Waals surface area (Å²) < 4.78 is 7.22. The smallest absolute Gasteiger partial charge is 0.129 e. The number of rotatable bonds is 2. The molecule has 1 aliphatic heterocycles. The second kappa shape index (κ2) is 5.05. The number of hydrogen-bond donors (Lipinski definition) is 1. The first-order valence-electron chi connectivity index (χ1n) is 6.73. The molecule has 0 amide bonds. The Kier molecular flexibility index (Phi) is 3.25. The average Bonchev–Trinajstić information content (AvgIpc) is 2.77. The Morgan fingerprint density at radius 3 is 2.58 bits per heavy atom. The van der Waals surface area contributed by atoms with Crippen LogP contribution in [0.4, 0.5) is 5.82 Å². The molecule has 0 atom stereocenters. The van der Waals surface area contributed by atoms with Gasteiger partial charge in [-0.05, 0) is 18.4 Å². The first kappa shape index (κ1) is 12.2. The predicted octanol–water partition coefficient (Wildman–Crippen LogP) is 2.56. The number of anilines is 1. The minimum Gasteiger partial charge on any atom is -0.383 e. The lowest BCUT2D eigenvalue weighted by molar-refractivity contribution is 0.0845. The van der Waals surface area contributed by atoms with Crippen LogP contribution in [0.15, 0.2) is 30.3 Å². The summed E-state index contributed by atoms with van der Waals surface area (Å²) in [6, 6.07) is 10.3. The van der Waals surface area contributed by atoms with Crippen LogP contribution in [-0.4, -0.2) is 23.0 Å². The topological polar surface area (TPSA) is 53.1 Å². The Morgan fingerprint density at radius 2 is 1.89 bits per heavy atom. The Balaban J connectivity index is 2.07. The average molecular weight is 257 g/mol. The summed E-state index contributed by atoms with van der Waals surface area (Å²) in [6.07, 6.45) is 2.05. The van der Waals surface area contributed by atoms with Crippen molar-refractivity contribution in [1.82, 2.24) is 9.78 Å². The van der Waals surface area contributed by atoms with Crippen LogP contribution < -0.4 is 5.73 Å². The van der Waals surface area contributed by atoms with Gasteiger partial charge in [-0.25, -0.2) is 0 Å². The molecule has 4 nitrogen and oxygen atoms in total. The van der Waals surface area contributed by atoms with Gasteiger partial charge in [0.25, 0.3) is 0 Å². The molecule has 19 heavy (non-hydrogen) atoms. The number of nitrogen functional groups attached to an aromatic ring is 1. The number of aromatic nitrogens is 2. The molecule has 4 heteroatoms. The van der Waals surface area contributed by atoms with E-state index < -0.39 is 0 Å². The lowest BCUT2D eigenvalue weighted by Crippen LogP contribution is -2.15. The fraction of sp³-hybridized carbons (Fsp3) is 0.400. The van der Waals surface area contributed by atoms with Crippen LogP contribution in [0.5, 0.6) is 0 Å². The summed E-state index contributed by atoms with van der Waals surface area (Å²) in [5.74, 6) is 1.19. The summed E-state index contributed by atoms with van der Waals surface area (Å²) in [5.41, 5.74) is 9.57. The molecule has 0 aliphatic carbocycles. The fourth-order valence-electron chi connectivity index (χ4n) is 2.72. The van der Waals surface area contributed by atoms with Gasteiger partial charge in [-0.2, -0.15) is 5.10 Å². The maximum Gasteiger partial charge on any atom is 0.129 e. The van der Waals surface area contributed by atoms with Crippen LogP contribution in [0.3, 0.4) is 0 Å². The largest absolute Gasteiger partial charge is 0.383 e. The number of ether oxygens (including phenoxy) is 1. The highest BCUT2D eigenvalue weighted by Crippen LogP contribution is 2.37. The Bertz CT molecular complexity index is 556. The van der Waals surface area contributed by atoms with Gasteiger partial charge in [0.2, 0.25) is 0 Å². The summed E-state index contributed by atoms with van der Waals surface area (Å²) in [4.78, 5) is 0. The van der Waals surface area contributed by atoms with Gasteiger partial charge < -0.3 is 10.5 Å². The molecule has 0 spiro atoms. The van der Waals surface area contributed by atoms with E-state index in [0.717, 1.165) is 48.7 Å². The highest BCUT2D eigenvalue weighted by Gasteiger charge is 2.25. The molecule has 0 unspecified atom stereocenters. The van der Waals surface area contributed by atoms with E-state index in [1.165, 1.54) is 0 Å². The number of nitrogens with two attached hydrogens (primary N) is 1. The maximum atomic E-state index is 6.21. The molecule has 1 fully saturated rings. The van der Waals surface area contributed by atoms with E-state index >= 15 is 0 Å². The van der Waals surface area contributed by atoms with Crippen molar-refractivity contribution < 1.29 is 4.74 Å². The van der Waals surface area contributed by atoms with Crippen molar-refractivity contribution in [3.63, 3.8) is 0 Å². The van der Waals surface area contributed by atoms with Crippen LogP contribution in [0.1, 0.15) is 24.5 Å². The van der Waals surface area contributed by atoms with Gasteiger partial charge >= 0.3 is 0 Å². The fourth-order valence-corrected chi connectivity index (χ4v) is 2.72. The van der Waals surface area contributed by atoms with Gasteiger partial charge in [-0.15, -0.1) is 0 Å². The van der Waals surface area contributed by atoms with Gasteiger partial charge in [-0.3, -0.25) is 4.68 Å². The van der Waals surface area contributed by atoms with E-state index in [1.807, 2.05) is 25.2 Å². The van der Waals surface area contributed by atoms with Crippen molar-refractivity contribution in [3.8, 4) is 11.1 Å². The molecular weight excluding hydrogens is 238 g/mol. The maximum absolute atomic E-state index is 6.21. The normalized spacial score (nSPS) is 16.7. The third-order valence-corrected chi connectivity index (χ3v) is 3.79. The zero-order valence-electron chi connectivity index (χ0n) is 11.2. The quantitative estimate of drug-likeness (QED) is 0.899. The van der Waals surface area contributed by atoms with Crippen molar-refractivity contribution in [2.24, 2.45) is 7.05 Å². The molecule has 100 valence electrons. The zero-order chi connectivity index (χ0) is 13.2. The van der Waals surface area contributed by atoms with Crippen LogP contribution in [0.2, 0.25) is 0 Å². The SMILES string of the molecule is Cn1nc(C2CCOCC2)c(-c2ccccc2)c1N. The molecular formula is C15H19N3O. The third-order valence-electron chi connectivity index (χ3n) is 3.79. The standard InChI is InChI=1S/C15H19N3O/c1-18-15(16)13(11-5-3-2-4-6-11)14(17-18)12-7-9-19-10-8-12/h2-6,12H,7-10,16H2,1H3. The van der Waals surface area contributed by atoms with E-state index in [0.29, 0.717) is 5.92 Å². The Morgan fingerprint density at radius 1 is 1.21 bits per heavy atom.